The molecule has 1 aromatic rings. The van der Waals surface area contributed by atoms with E-state index < -0.39 is 11.9 Å². The van der Waals surface area contributed by atoms with Gasteiger partial charge in [0.05, 0.1) is 16.7 Å². The molecule has 0 atom stereocenters. The van der Waals surface area contributed by atoms with Crippen molar-refractivity contribution in [2.24, 2.45) is 0 Å². The smallest absolute Gasteiger partial charge is 0.356 e. The number of hydrogen-bond donors (Lipinski definition) is 1. The average molecular weight is 385 g/mol. The van der Waals surface area contributed by atoms with E-state index in [0.717, 1.165) is 13.0 Å². The second-order valence-electron chi connectivity index (χ2n) is 5.23. The molecule has 0 radical (unpaired) electrons. The first-order valence-electron chi connectivity index (χ1n) is 6.84. The topological polar surface area (TPSA) is 50.2 Å². The molecule has 1 rings (SSSR count). The molecule has 0 spiro atoms. The summed E-state index contributed by atoms with van der Waals surface area (Å²) in [7, 11) is 3.89. The van der Waals surface area contributed by atoms with Gasteiger partial charge in [-0.1, -0.05) is 0 Å². The molecular weight excluding hydrogens is 365 g/mol. The zero-order valence-electron chi connectivity index (χ0n) is 12.8. The third-order valence-corrected chi connectivity index (χ3v) is 4.01. The van der Waals surface area contributed by atoms with Crippen molar-refractivity contribution in [3.8, 4) is 0 Å². The number of nitrogens with one attached hydrogen (secondary N) is 1. The van der Waals surface area contributed by atoms with Gasteiger partial charge in [0, 0.05) is 13.0 Å². The number of aryl methyl sites for hydroxylation is 1. The van der Waals surface area contributed by atoms with E-state index >= 15 is 0 Å². The highest BCUT2D eigenvalue weighted by atomic mass is 79.9. The van der Waals surface area contributed by atoms with Crippen LogP contribution < -0.4 is 5.32 Å². The molecule has 1 amide bonds. The average Bonchev–Trinajstić information content (AvgIpc) is 2.68. The first kappa shape index (κ1) is 19.0. The van der Waals surface area contributed by atoms with Crippen molar-refractivity contribution in [1.82, 2.24) is 20.0 Å². The van der Waals surface area contributed by atoms with Crippen molar-refractivity contribution >= 4 is 21.8 Å². The molecule has 1 aromatic heterocycles. The molecule has 0 bridgehead atoms. The van der Waals surface area contributed by atoms with Crippen molar-refractivity contribution < 1.29 is 18.0 Å². The Morgan fingerprint density at radius 2 is 2.05 bits per heavy atom. The predicted molar refractivity (Wildman–Crippen MR) is 80.5 cm³/mol. The fourth-order valence-electron chi connectivity index (χ4n) is 1.84. The largest absolute Gasteiger partial charge is 0.436 e. The summed E-state index contributed by atoms with van der Waals surface area (Å²) in [5.74, 6) is -0.196. The summed E-state index contributed by atoms with van der Waals surface area (Å²) in [6, 6.07) is 0. The van der Waals surface area contributed by atoms with Crippen molar-refractivity contribution in [2.75, 3.05) is 27.2 Å². The highest BCUT2D eigenvalue weighted by molar-refractivity contribution is 9.10. The normalized spacial score (nSPS) is 12.0. The van der Waals surface area contributed by atoms with Gasteiger partial charge >= 0.3 is 6.18 Å². The van der Waals surface area contributed by atoms with Crippen molar-refractivity contribution in [1.29, 1.82) is 0 Å². The van der Waals surface area contributed by atoms with Crippen molar-refractivity contribution in [3.63, 3.8) is 0 Å². The van der Waals surface area contributed by atoms with Gasteiger partial charge in [0.1, 0.15) is 0 Å². The lowest BCUT2D eigenvalue weighted by molar-refractivity contribution is -0.142. The fourth-order valence-corrected chi connectivity index (χ4v) is 2.35. The fraction of sp³-hybridized carbons (Fsp3) is 0.692. The van der Waals surface area contributed by atoms with Crippen LogP contribution in [0.1, 0.15) is 24.2 Å². The minimum atomic E-state index is -4.51. The second-order valence-corrected chi connectivity index (χ2v) is 6.02. The number of halogens is 4. The van der Waals surface area contributed by atoms with Gasteiger partial charge in [0.15, 0.2) is 5.69 Å². The SMILES string of the molecule is Cc1c(Br)c(C(F)(F)F)nn1CCC(=O)NCCCN(C)C. The van der Waals surface area contributed by atoms with E-state index in [4.69, 9.17) is 0 Å². The van der Waals surface area contributed by atoms with Crippen LogP contribution in [0.3, 0.4) is 0 Å². The van der Waals surface area contributed by atoms with E-state index in [2.05, 4.69) is 26.3 Å². The quantitative estimate of drug-likeness (QED) is 0.734. The van der Waals surface area contributed by atoms with Crippen LogP contribution >= 0.6 is 15.9 Å². The van der Waals surface area contributed by atoms with Gasteiger partial charge in [-0.05, 0) is 49.9 Å². The van der Waals surface area contributed by atoms with Crippen LogP contribution in [0.4, 0.5) is 13.2 Å². The van der Waals surface area contributed by atoms with Crippen LogP contribution in [0.15, 0.2) is 4.47 Å². The molecule has 22 heavy (non-hydrogen) atoms. The number of hydrogen-bond acceptors (Lipinski definition) is 3. The Labute approximate surface area is 136 Å². The van der Waals surface area contributed by atoms with Gasteiger partial charge in [0.25, 0.3) is 0 Å². The molecule has 1 N–H and O–H groups in total. The van der Waals surface area contributed by atoms with Gasteiger partial charge in [-0.2, -0.15) is 18.3 Å². The molecule has 0 fully saturated rings. The predicted octanol–water partition coefficient (Wildman–Crippen LogP) is 2.43. The van der Waals surface area contributed by atoms with E-state index in [1.165, 1.54) is 11.6 Å². The minimum Gasteiger partial charge on any atom is -0.356 e. The Morgan fingerprint density at radius 3 is 2.55 bits per heavy atom. The molecule has 126 valence electrons. The van der Waals surface area contributed by atoms with Crippen LogP contribution in [-0.2, 0) is 17.5 Å². The maximum Gasteiger partial charge on any atom is 0.436 e. The summed E-state index contributed by atoms with van der Waals surface area (Å²) < 4.78 is 39.3. The summed E-state index contributed by atoms with van der Waals surface area (Å²) in [5.41, 5.74) is -0.607. The maximum atomic E-state index is 12.7. The molecule has 0 aliphatic rings. The van der Waals surface area contributed by atoms with Crippen LogP contribution in [0.2, 0.25) is 0 Å². The molecular formula is C13H20BrF3N4O. The number of carbonyl (C=O) groups excluding carboxylic acids is 1. The lowest BCUT2D eigenvalue weighted by Crippen LogP contribution is -2.28. The minimum absolute atomic E-state index is 0.0774. The maximum absolute atomic E-state index is 12.7. The summed E-state index contributed by atoms with van der Waals surface area (Å²) in [5, 5.41) is 6.27. The van der Waals surface area contributed by atoms with Gasteiger partial charge in [-0.3, -0.25) is 9.48 Å². The van der Waals surface area contributed by atoms with Crippen molar-refractivity contribution in [3.05, 3.63) is 15.9 Å². The molecule has 0 unspecified atom stereocenters. The lowest BCUT2D eigenvalue weighted by atomic mass is 10.3. The van der Waals surface area contributed by atoms with E-state index in [9.17, 15) is 18.0 Å². The first-order chi connectivity index (χ1) is 10.1. The van der Waals surface area contributed by atoms with Crippen LogP contribution in [0, 0.1) is 6.92 Å². The Bertz CT molecular complexity index is 514. The highest BCUT2D eigenvalue weighted by Gasteiger charge is 2.37. The Morgan fingerprint density at radius 1 is 1.41 bits per heavy atom. The standard InChI is InChI=1S/C13H20BrF3N4O/c1-9-11(14)12(13(15,16)17)19-21(9)8-5-10(22)18-6-4-7-20(2)3/h4-8H2,1-3H3,(H,18,22). The van der Waals surface area contributed by atoms with Gasteiger partial charge in [-0.15, -0.1) is 0 Å². The molecule has 1 heterocycles. The Kier molecular flexibility index (Phi) is 6.86. The Hall–Kier alpha value is -1.09. The number of nitrogens with zero attached hydrogens (tertiary/aromatic N) is 3. The number of carbonyl (C=O) groups is 1. The van der Waals surface area contributed by atoms with Gasteiger partial charge in [0.2, 0.25) is 5.91 Å². The number of aromatic nitrogens is 2. The summed E-state index contributed by atoms with van der Waals surface area (Å²) in [4.78, 5) is 13.7. The zero-order valence-corrected chi connectivity index (χ0v) is 14.4. The first-order valence-corrected chi connectivity index (χ1v) is 7.63. The highest BCUT2D eigenvalue weighted by Crippen LogP contribution is 2.35. The third-order valence-electron chi connectivity index (χ3n) is 3.06. The van der Waals surface area contributed by atoms with E-state index in [1.807, 2.05) is 19.0 Å². The summed E-state index contributed by atoms with van der Waals surface area (Å²) in [6.45, 7) is 3.05. The van der Waals surface area contributed by atoms with E-state index in [1.54, 1.807) is 0 Å². The molecule has 0 saturated heterocycles. The number of alkyl halides is 3. The third kappa shape index (κ3) is 5.60. The lowest BCUT2D eigenvalue weighted by Gasteiger charge is -2.10. The Balaban J connectivity index is 2.50. The second kappa shape index (κ2) is 7.96. The molecule has 0 aliphatic carbocycles. The number of amides is 1. The van der Waals surface area contributed by atoms with Gasteiger partial charge in [-0.25, -0.2) is 0 Å². The molecule has 0 saturated carbocycles. The zero-order chi connectivity index (χ0) is 16.9. The number of rotatable bonds is 7. The van der Waals surface area contributed by atoms with Crippen LogP contribution in [-0.4, -0.2) is 47.8 Å². The summed E-state index contributed by atoms with van der Waals surface area (Å²) >= 11 is 2.90. The van der Waals surface area contributed by atoms with E-state index in [-0.39, 0.29) is 23.3 Å². The van der Waals surface area contributed by atoms with Crippen molar-refractivity contribution in [2.45, 2.75) is 32.5 Å². The monoisotopic (exact) mass is 384 g/mol. The van der Waals surface area contributed by atoms with Crippen LogP contribution in [0.5, 0.6) is 0 Å². The van der Waals surface area contributed by atoms with E-state index in [0.29, 0.717) is 12.2 Å². The molecule has 9 heteroatoms. The molecule has 0 aromatic carbocycles. The molecule has 5 nitrogen and oxygen atoms in total. The van der Waals surface area contributed by atoms with Gasteiger partial charge < -0.3 is 10.2 Å². The summed E-state index contributed by atoms with van der Waals surface area (Å²) in [6.07, 6.45) is -3.60. The molecule has 0 aliphatic heterocycles. The van der Waals surface area contributed by atoms with Crippen LogP contribution in [0.25, 0.3) is 0 Å².